The van der Waals surface area contributed by atoms with E-state index in [9.17, 15) is 0 Å². The third-order valence-corrected chi connectivity index (χ3v) is 1.63. The number of hydrazine groups is 1. The van der Waals surface area contributed by atoms with E-state index in [0.717, 1.165) is 6.54 Å². The van der Waals surface area contributed by atoms with Crippen molar-refractivity contribution in [3.05, 3.63) is 11.9 Å². The maximum absolute atomic E-state index is 5.72. The summed E-state index contributed by atoms with van der Waals surface area (Å²) in [6, 6.07) is 0.209. The van der Waals surface area contributed by atoms with Gasteiger partial charge in [-0.2, -0.15) is 0 Å². The molecule has 5 N–H and O–H groups in total. The zero-order valence-electron chi connectivity index (χ0n) is 8.58. The second kappa shape index (κ2) is 6.71. The number of nitrogens with zero attached hydrogens (tertiary/aromatic N) is 1. The van der Waals surface area contributed by atoms with Crippen LogP contribution in [0.5, 0.6) is 0 Å². The van der Waals surface area contributed by atoms with Crippen molar-refractivity contribution < 1.29 is 4.74 Å². The molecule has 0 bridgehead atoms. The fourth-order valence-electron chi connectivity index (χ4n) is 0.923. The average Bonchev–Trinajstić information content (AvgIpc) is 2.05. The van der Waals surface area contributed by atoms with E-state index in [-0.39, 0.29) is 6.04 Å². The van der Waals surface area contributed by atoms with Crippen LogP contribution in [0.1, 0.15) is 6.92 Å². The van der Waals surface area contributed by atoms with Gasteiger partial charge in [-0.25, -0.2) is 5.84 Å². The Morgan fingerprint density at radius 2 is 2.31 bits per heavy atom. The molecule has 78 valence electrons. The van der Waals surface area contributed by atoms with Crippen LogP contribution in [0.15, 0.2) is 11.9 Å². The number of nitrogens with two attached hydrogens (primary N) is 2. The highest BCUT2D eigenvalue weighted by molar-refractivity contribution is 4.96. The summed E-state index contributed by atoms with van der Waals surface area (Å²) in [6.45, 7) is 3.22. The molecule has 0 saturated heterocycles. The van der Waals surface area contributed by atoms with Gasteiger partial charge in [0.25, 0.3) is 0 Å². The predicted molar refractivity (Wildman–Crippen MR) is 53.6 cm³/mol. The smallest absolute Gasteiger partial charge is 0.0871 e. The zero-order chi connectivity index (χ0) is 10.3. The van der Waals surface area contributed by atoms with E-state index in [4.69, 9.17) is 16.3 Å². The van der Waals surface area contributed by atoms with Crippen molar-refractivity contribution in [2.75, 3.05) is 27.3 Å². The summed E-state index contributed by atoms with van der Waals surface area (Å²) in [6.07, 6.45) is 1.69. The molecule has 0 heterocycles. The molecule has 0 fully saturated rings. The van der Waals surface area contributed by atoms with Crippen LogP contribution in [0, 0.1) is 0 Å². The van der Waals surface area contributed by atoms with Gasteiger partial charge < -0.3 is 20.8 Å². The first-order valence-electron chi connectivity index (χ1n) is 4.24. The topological polar surface area (TPSA) is 76.5 Å². The normalized spacial score (nSPS) is 14.3. The van der Waals surface area contributed by atoms with Crippen LogP contribution in [0.25, 0.3) is 0 Å². The van der Waals surface area contributed by atoms with Gasteiger partial charge in [-0.05, 0) is 14.0 Å². The molecule has 1 unspecified atom stereocenters. The summed E-state index contributed by atoms with van der Waals surface area (Å²) >= 11 is 0. The highest BCUT2D eigenvalue weighted by atomic mass is 16.5. The van der Waals surface area contributed by atoms with Gasteiger partial charge in [0.2, 0.25) is 0 Å². The van der Waals surface area contributed by atoms with Crippen LogP contribution in [-0.2, 0) is 4.74 Å². The van der Waals surface area contributed by atoms with E-state index in [2.05, 4.69) is 5.32 Å². The maximum atomic E-state index is 5.72. The second-order valence-electron chi connectivity index (χ2n) is 2.99. The fourth-order valence-corrected chi connectivity index (χ4v) is 0.923. The number of rotatable bonds is 6. The maximum Gasteiger partial charge on any atom is 0.0871 e. The summed E-state index contributed by atoms with van der Waals surface area (Å²) in [7, 11) is 3.48. The van der Waals surface area contributed by atoms with Gasteiger partial charge in [0.15, 0.2) is 0 Å². The molecule has 5 nitrogen and oxygen atoms in total. The molecule has 13 heavy (non-hydrogen) atoms. The zero-order valence-corrected chi connectivity index (χ0v) is 8.58. The largest absolute Gasteiger partial charge is 0.399 e. The number of methoxy groups -OCH3 is 1. The third-order valence-electron chi connectivity index (χ3n) is 1.63. The molecule has 0 aromatic rings. The minimum Gasteiger partial charge on any atom is -0.399 e. The van der Waals surface area contributed by atoms with E-state index >= 15 is 0 Å². The Morgan fingerprint density at radius 3 is 2.77 bits per heavy atom. The van der Waals surface area contributed by atoms with Crippen LogP contribution in [-0.4, -0.2) is 38.4 Å². The first kappa shape index (κ1) is 12.2. The quantitative estimate of drug-likeness (QED) is 0.376. The fraction of sp³-hybridized carbons (Fsp3) is 0.750. The monoisotopic (exact) mass is 188 g/mol. The lowest BCUT2D eigenvalue weighted by Gasteiger charge is -2.22. The lowest BCUT2D eigenvalue weighted by Crippen LogP contribution is -2.41. The van der Waals surface area contributed by atoms with E-state index < -0.39 is 0 Å². The average molecular weight is 188 g/mol. The highest BCUT2D eigenvalue weighted by Crippen LogP contribution is 1.94. The van der Waals surface area contributed by atoms with Crippen molar-refractivity contribution in [1.29, 1.82) is 0 Å². The van der Waals surface area contributed by atoms with Crippen molar-refractivity contribution >= 4 is 0 Å². The van der Waals surface area contributed by atoms with Gasteiger partial charge in [-0.1, -0.05) is 0 Å². The molecule has 0 saturated carbocycles. The van der Waals surface area contributed by atoms with E-state index in [1.807, 2.05) is 14.0 Å². The van der Waals surface area contributed by atoms with Crippen molar-refractivity contribution in [3.8, 4) is 0 Å². The lowest BCUT2D eigenvalue weighted by atomic mass is 10.3. The molecule has 0 rings (SSSR count). The summed E-state index contributed by atoms with van der Waals surface area (Å²) in [5.41, 5.74) is 6.23. The molecule has 5 heteroatoms. The molecule has 0 amide bonds. The molecule has 0 aromatic heterocycles. The lowest BCUT2D eigenvalue weighted by molar-refractivity contribution is 0.219. The van der Waals surface area contributed by atoms with Crippen LogP contribution < -0.4 is 16.9 Å². The Bertz CT molecular complexity index is 160. The van der Waals surface area contributed by atoms with Crippen LogP contribution in [0.4, 0.5) is 0 Å². The van der Waals surface area contributed by atoms with Crippen LogP contribution in [0.2, 0.25) is 0 Å². The van der Waals surface area contributed by atoms with Gasteiger partial charge in [-0.3, -0.25) is 0 Å². The minimum atomic E-state index is 0.209. The van der Waals surface area contributed by atoms with Crippen molar-refractivity contribution in [3.63, 3.8) is 0 Å². The summed E-state index contributed by atoms with van der Waals surface area (Å²) in [5.74, 6) is 5.72. The molecule has 0 aliphatic heterocycles. The summed E-state index contributed by atoms with van der Waals surface area (Å²) in [5, 5.41) is 4.60. The number of likely N-dealkylation sites (N-methyl/N-ethyl adjacent to an activating group) is 1. The molecule has 0 aliphatic rings. The van der Waals surface area contributed by atoms with E-state index in [1.165, 1.54) is 0 Å². The van der Waals surface area contributed by atoms with Crippen molar-refractivity contribution in [1.82, 2.24) is 10.3 Å². The molecular weight excluding hydrogens is 168 g/mol. The molecule has 0 spiro atoms. The first-order chi connectivity index (χ1) is 6.11. The molecular formula is C8H20N4O. The van der Waals surface area contributed by atoms with Gasteiger partial charge in [-0.15, -0.1) is 0 Å². The minimum absolute atomic E-state index is 0.209. The SMILES string of the molecule is CNCC(C)N(N)/C=C(\N)COC. The molecule has 0 aliphatic carbocycles. The second-order valence-corrected chi connectivity index (χ2v) is 2.99. The number of nitrogens with one attached hydrogen (secondary N) is 1. The Morgan fingerprint density at radius 1 is 1.69 bits per heavy atom. The highest BCUT2D eigenvalue weighted by Gasteiger charge is 2.04. The first-order valence-corrected chi connectivity index (χ1v) is 4.24. The van der Waals surface area contributed by atoms with E-state index in [0.29, 0.717) is 12.3 Å². The number of ether oxygens (including phenoxy) is 1. The Labute approximate surface area is 79.7 Å². The predicted octanol–water partition coefficient (Wildman–Crippen LogP) is -0.783. The standard InChI is InChI=1S/C8H20N4O/c1-7(4-11-2)12(10)5-8(9)6-13-3/h5,7,11H,4,6,9-10H2,1-3H3/b8-5-. The van der Waals surface area contributed by atoms with Crippen molar-refractivity contribution in [2.45, 2.75) is 13.0 Å². The van der Waals surface area contributed by atoms with E-state index in [1.54, 1.807) is 18.3 Å². The molecule has 0 radical (unpaired) electrons. The van der Waals surface area contributed by atoms with Gasteiger partial charge >= 0.3 is 0 Å². The molecule has 1 atom stereocenters. The van der Waals surface area contributed by atoms with Crippen LogP contribution >= 0.6 is 0 Å². The summed E-state index contributed by atoms with van der Waals surface area (Å²) < 4.78 is 4.85. The number of hydrogen-bond donors (Lipinski definition) is 3. The Kier molecular flexibility index (Phi) is 6.30. The van der Waals surface area contributed by atoms with Gasteiger partial charge in [0.05, 0.1) is 18.3 Å². The van der Waals surface area contributed by atoms with Gasteiger partial charge in [0.1, 0.15) is 0 Å². The van der Waals surface area contributed by atoms with Gasteiger partial charge in [0, 0.05) is 19.9 Å². The molecule has 0 aromatic carbocycles. The van der Waals surface area contributed by atoms with Crippen LogP contribution in [0.3, 0.4) is 0 Å². The Hall–Kier alpha value is -0.780. The number of hydrogen-bond acceptors (Lipinski definition) is 5. The Balaban J connectivity index is 3.95. The van der Waals surface area contributed by atoms with Crippen molar-refractivity contribution in [2.24, 2.45) is 11.6 Å². The summed E-state index contributed by atoms with van der Waals surface area (Å²) in [4.78, 5) is 0. The third kappa shape index (κ3) is 5.46.